The molecule has 2 aliphatic rings. The van der Waals surface area contributed by atoms with E-state index in [0.717, 1.165) is 44.5 Å². The smallest absolute Gasteiger partial charge is 0.170 e. The van der Waals surface area contributed by atoms with Gasteiger partial charge in [0.1, 0.15) is 0 Å². The van der Waals surface area contributed by atoms with Crippen LogP contribution in [0.4, 0.5) is 5.69 Å². The molecule has 114 valence electrons. The molecule has 0 amide bonds. The number of benzene rings is 1. The van der Waals surface area contributed by atoms with Gasteiger partial charge in [0, 0.05) is 30.3 Å². The minimum Gasteiger partial charge on any atom is -0.409 e. The average Bonchev–Trinajstić information content (AvgIpc) is 2.53. The van der Waals surface area contributed by atoms with Gasteiger partial charge in [-0.15, -0.1) is 0 Å². The second-order valence-electron chi connectivity index (χ2n) is 6.27. The van der Waals surface area contributed by atoms with Crippen LogP contribution in [0.2, 0.25) is 0 Å². The Balaban J connectivity index is 1.73. The summed E-state index contributed by atoms with van der Waals surface area (Å²) in [5, 5.41) is 22.4. The summed E-state index contributed by atoms with van der Waals surface area (Å²) in [5.41, 5.74) is 6.99. The summed E-state index contributed by atoms with van der Waals surface area (Å²) >= 11 is 0. The largest absolute Gasteiger partial charge is 0.409 e. The van der Waals surface area contributed by atoms with Crippen molar-refractivity contribution in [3.05, 3.63) is 29.8 Å². The van der Waals surface area contributed by atoms with Gasteiger partial charge in [0.05, 0.1) is 5.60 Å². The topological polar surface area (TPSA) is 82.1 Å². The second kappa shape index (κ2) is 5.56. The van der Waals surface area contributed by atoms with Gasteiger partial charge in [0.25, 0.3) is 0 Å². The highest BCUT2D eigenvalue weighted by molar-refractivity contribution is 5.97. The van der Waals surface area contributed by atoms with Crippen molar-refractivity contribution >= 4 is 11.5 Å². The highest BCUT2D eigenvalue weighted by Crippen LogP contribution is 2.40. The minimum absolute atomic E-state index is 0.127. The summed E-state index contributed by atoms with van der Waals surface area (Å²) in [5.74, 6) is 0.505. The molecule has 5 nitrogen and oxygen atoms in total. The molecule has 21 heavy (non-hydrogen) atoms. The van der Waals surface area contributed by atoms with Crippen LogP contribution in [-0.2, 0) is 0 Å². The first-order chi connectivity index (χ1) is 10.1. The lowest BCUT2D eigenvalue weighted by atomic mass is 9.71. The Labute approximate surface area is 125 Å². The molecule has 4 N–H and O–H groups in total. The van der Waals surface area contributed by atoms with E-state index in [-0.39, 0.29) is 5.84 Å². The van der Waals surface area contributed by atoms with Gasteiger partial charge in [0.2, 0.25) is 0 Å². The van der Waals surface area contributed by atoms with Gasteiger partial charge in [-0.2, -0.15) is 0 Å². The number of amidine groups is 1. The molecule has 1 aromatic rings. The van der Waals surface area contributed by atoms with Crippen molar-refractivity contribution in [2.24, 2.45) is 16.8 Å². The van der Waals surface area contributed by atoms with Gasteiger partial charge in [-0.1, -0.05) is 18.0 Å². The molecule has 1 heterocycles. The van der Waals surface area contributed by atoms with Crippen molar-refractivity contribution in [3.63, 3.8) is 0 Å². The predicted molar refractivity (Wildman–Crippen MR) is 82.7 cm³/mol. The van der Waals surface area contributed by atoms with Crippen LogP contribution in [0.5, 0.6) is 0 Å². The lowest BCUT2D eigenvalue weighted by Gasteiger charge is -2.48. The summed E-state index contributed by atoms with van der Waals surface area (Å²) in [6.45, 7) is 1.80. The fourth-order valence-electron chi connectivity index (χ4n) is 3.71. The van der Waals surface area contributed by atoms with Gasteiger partial charge >= 0.3 is 0 Å². The molecule has 1 aliphatic carbocycles. The Bertz CT molecular complexity index is 529. The number of hydrogen-bond acceptors (Lipinski definition) is 4. The fraction of sp³-hybridized carbons (Fsp3) is 0.562. The van der Waals surface area contributed by atoms with E-state index in [1.54, 1.807) is 0 Å². The standard InChI is InChI=1S/C16H23N3O2/c17-15(18-21)12-4-6-14(7-5-12)19-10-9-16(20)8-2-1-3-13(16)11-19/h4-7,13,20-21H,1-3,8-11H2,(H2,17,18). The third-order valence-electron chi connectivity index (χ3n) is 5.06. The van der Waals surface area contributed by atoms with E-state index < -0.39 is 5.60 Å². The quantitative estimate of drug-likeness (QED) is 0.336. The van der Waals surface area contributed by atoms with E-state index in [4.69, 9.17) is 10.9 Å². The molecule has 1 saturated heterocycles. The third kappa shape index (κ3) is 2.70. The van der Waals surface area contributed by atoms with E-state index in [2.05, 4.69) is 10.1 Å². The Hall–Kier alpha value is -1.75. The van der Waals surface area contributed by atoms with Gasteiger partial charge in [-0.05, 0) is 43.5 Å². The summed E-state index contributed by atoms with van der Waals surface area (Å²) in [6.07, 6.45) is 5.30. The molecule has 0 radical (unpaired) electrons. The maximum Gasteiger partial charge on any atom is 0.170 e. The van der Waals surface area contributed by atoms with Gasteiger partial charge in [-0.25, -0.2) is 0 Å². The monoisotopic (exact) mass is 289 g/mol. The van der Waals surface area contributed by atoms with Gasteiger partial charge < -0.3 is 20.9 Å². The van der Waals surface area contributed by atoms with Crippen molar-refractivity contribution < 1.29 is 10.3 Å². The molecule has 1 saturated carbocycles. The maximum atomic E-state index is 10.7. The van der Waals surface area contributed by atoms with Crippen molar-refractivity contribution in [1.29, 1.82) is 0 Å². The van der Waals surface area contributed by atoms with E-state index in [1.807, 2.05) is 24.3 Å². The van der Waals surface area contributed by atoms with Crippen LogP contribution >= 0.6 is 0 Å². The fourth-order valence-corrected chi connectivity index (χ4v) is 3.71. The number of hydrogen-bond donors (Lipinski definition) is 3. The molecule has 2 unspecified atom stereocenters. The van der Waals surface area contributed by atoms with Crippen molar-refractivity contribution in [3.8, 4) is 0 Å². The summed E-state index contributed by atoms with van der Waals surface area (Å²) in [7, 11) is 0. The Kier molecular flexibility index (Phi) is 3.76. The van der Waals surface area contributed by atoms with Crippen LogP contribution in [-0.4, -0.2) is 34.8 Å². The van der Waals surface area contributed by atoms with Crippen LogP contribution in [0, 0.1) is 5.92 Å². The van der Waals surface area contributed by atoms with Crippen molar-refractivity contribution in [2.75, 3.05) is 18.0 Å². The molecule has 0 aromatic heterocycles. The minimum atomic E-state index is -0.442. The zero-order chi connectivity index (χ0) is 14.9. The number of piperidine rings is 1. The van der Waals surface area contributed by atoms with Crippen LogP contribution in [0.1, 0.15) is 37.7 Å². The van der Waals surface area contributed by atoms with E-state index in [1.165, 1.54) is 6.42 Å². The molecule has 3 rings (SSSR count). The zero-order valence-electron chi connectivity index (χ0n) is 12.2. The van der Waals surface area contributed by atoms with Crippen LogP contribution in [0.15, 0.2) is 29.4 Å². The molecule has 5 heteroatoms. The zero-order valence-corrected chi connectivity index (χ0v) is 12.2. The Morgan fingerprint density at radius 1 is 1.24 bits per heavy atom. The summed E-state index contributed by atoms with van der Waals surface area (Å²) < 4.78 is 0. The summed E-state index contributed by atoms with van der Waals surface area (Å²) in [4.78, 5) is 2.33. The molecule has 0 bridgehead atoms. The van der Waals surface area contributed by atoms with Crippen LogP contribution in [0.3, 0.4) is 0 Å². The van der Waals surface area contributed by atoms with Crippen LogP contribution in [0.25, 0.3) is 0 Å². The third-order valence-corrected chi connectivity index (χ3v) is 5.06. The first-order valence-corrected chi connectivity index (χ1v) is 7.68. The first kappa shape index (κ1) is 14.2. The maximum absolute atomic E-state index is 10.7. The lowest BCUT2D eigenvalue weighted by Crippen LogP contribution is -2.53. The van der Waals surface area contributed by atoms with Gasteiger partial charge in [0.15, 0.2) is 5.84 Å². The second-order valence-corrected chi connectivity index (χ2v) is 6.27. The van der Waals surface area contributed by atoms with Gasteiger partial charge in [-0.3, -0.25) is 0 Å². The SMILES string of the molecule is N/C(=N/O)c1ccc(N2CCC3(O)CCCCC3C2)cc1. The number of anilines is 1. The highest BCUT2D eigenvalue weighted by atomic mass is 16.4. The number of nitrogens with zero attached hydrogens (tertiary/aromatic N) is 2. The van der Waals surface area contributed by atoms with Crippen molar-refractivity contribution in [1.82, 2.24) is 0 Å². The Morgan fingerprint density at radius 2 is 2.00 bits per heavy atom. The lowest BCUT2D eigenvalue weighted by molar-refractivity contribution is -0.0612. The molecular weight excluding hydrogens is 266 g/mol. The number of nitrogens with two attached hydrogens (primary N) is 1. The number of fused-ring (bicyclic) bond motifs is 1. The number of oxime groups is 1. The molecule has 2 atom stereocenters. The molecular formula is C16H23N3O2. The van der Waals surface area contributed by atoms with Crippen LogP contribution < -0.4 is 10.6 Å². The first-order valence-electron chi connectivity index (χ1n) is 7.68. The average molecular weight is 289 g/mol. The molecule has 0 spiro atoms. The molecule has 1 aromatic carbocycles. The predicted octanol–water partition coefficient (Wildman–Crippen LogP) is 1.91. The number of aliphatic hydroxyl groups is 1. The number of rotatable bonds is 2. The van der Waals surface area contributed by atoms with E-state index in [0.29, 0.717) is 11.5 Å². The summed E-state index contributed by atoms with van der Waals surface area (Å²) in [6, 6.07) is 7.74. The molecule has 1 aliphatic heterocycles. The van der Waals surface area contributed by atoms with Crippen molar-refractivity contribution in [2.45, 2.75) is 37.7 Å². The van der Waals surface area contributed by atoms with E-state index in [9.17, 15) is 5.11 Å². The normalized spacial score (nSPS) is 30.0. The highest BCUT2D eigenvalue weighted by Gasteiger charge is 2.42. The molecule has 2 fully saturated rings. The Morgan fingerprint density at radius 3 is 2.71 bits per heavy atom. The van der Waals surface area contributed by atoms with E-state index >= 15 is 0 Å².